The number of hydrogen-bond donors (Lipinski definition) is 1. The number of rotatable bonds is 3. The number of alkyl halides is 3. The van der Waals surface area contributed by atoms with Gasteiger partial charge in [0.1, 0.15) is 6.07 Å². The minimum Gasteiger partial charge on any atom is -0.320 e. The Kier molecular flexibility index (Phi) is 4.63. The van der Waals surface area contributed by atoms with Crippen LogP contribution in [0.4, 0.5) is 18.9 Å². The van der Waals surface area contributed by atoms with Gasteiger partial charge in [0.15, 0.2) is 5.69 Å². The van der Waals surface area contributed by atoms with Gasteiger partial charge in [0, 0.05) is 23.2 Å². The van der Waals surface area contributed by atoms with E-state index in [9.17, 15) is 18.0 Å². The summed E-state index contributed by atoms with van der Waals surface area (Å²) in [7, 11) is 0. The van der Waals surface area contributed by atoms with Crippen LogP contribution in [0, 0.1) is 11.3 Å². The molecular weight excluding hydrogens is 397 g/mol. The second-order valence-electron chi connectivity index (χ2n) is 6.22. The number of pyridine rings is 2. The normalized spacial score (nSPS) is 11.3. The van der Waals surface area contributed by atoms with Gasteiger partial charge < -0.3 is 5.32 Å². The molecule has 0 bridgehead atoms. The van der Waals surface area contributed by atoms with Crippen LogP contribution in [0.25, 0.3) is 16.5 Å². The third-order valence-corrected chi connectivity index (χ3v) is 4.28. The molecule has 4 rings (SSSR count). The molecule has 148 valence electrons. The van der Waals surface area contributed by atoms with E-state index >= 15 is 0 Å². The van der Waals surface area contributed by atoms with Gasteiger partial charge in [-0.25, -0.2) is 4.68 Å². The average Bonchev–Trinajstić information content (AvgIpc) is 3.19. The Morgan fingerprint density at radius 2 is 1.83 bits per heavy atom. The third kappa shape index (κ3) is 3.44. The third-order valence-electron chi connectivity index (χ3n) is 4.28. The number of carbonyl (C=O) groups is 1. The molecule has 1 N–H and O–H groups in total. The molecule has 1 amide bonds. The topological polar surface area (TPSA) is 96.5 Å². The number of halogens is 3. The van der Waals surface area contributed by atoms with E-state index in [1.165, 1.54) is 30.9 Å². The maximum absolute atomic E-state index is 13.9. The number of nitrogens with zero attached hydrogens (tertiary/aromatic N) is 5. The SMILES string of the molecule is N#Cc1cncc(NC(=O)c2cnn(-c3cncc4ccccc34)c2C(F)(F)F)c1. The average molecular weight is 408 g/mol. The van der Waals surface area contributed by atoms with E-state index in [1.807, 2.05) is 6.07 Å². The molecule has 0 fully saturated rings. The van der Waals surface area contributed by atoms with Crippen LogP contribution < -0.4 is 5.32 Å². The van der Waals surface area contributed by atoms with Gasteiger partial charge in [0.05, 0.1) is 41.1 Å². The Morgan fingerprint density at radius 3 is 2.60 bits per heavy atom. The number of aromatic nitrogens is 4. The summed E-state index contributed by atoms with van der Waals surface area (Å²) in [4.78, 5) is 20.4. The summed E-state index contributed by atoms with van der Waals surface area (Å²) in [5, 5.41) is 16.2. The van der Waals surface area contributed by atoms with Gasteiger partial charge in [-0.3, -0.25) is 14.8 Å². The van der Waals surface area contributed by atoms with Gasteiger partial charge in [0.25, 0.3) is 5.91 Å². The molecule has 4 aromatic rings. The first kappa shape index (κ1) is 19.1. The van der Waals surface area contributed by atoms with Crippen molar-refractivity contribution in [2.45, 2.75) is 6.18 Å². The number of anilines is 1. The van der Waals surface area contributed by atoms with Gasteiger partial charge in [-0.1, -0.05) is 24.3 Å². The first-order valence-corrected chi connectivity index (χ1v) is 8.53. The fourth-order valence-corrected chi connectivity index (χ4v) is 3.01. The van der Waals surface area contributed by atoms with Crippen LogP contribution in [0.2, 0.25) is 0 Å². The van der Waals surface area contributed by atoms with E-state index in [2.05, 4.69) is 20.4 Å². The highest BCUT2D eigenvalue weighted by Gasteiger charge is 2.41. The number of nitriles is 1. The summed E-state index contributed by atoms with van der Waals surface area (Å²) in [6.07, 6.45) is 1.26. The van der Waals surface area contributed by atoms with Crippen molar-refractivity contribution in [3.63, 3.8) is 0 Å². The van der Waals surface area contributed by atoms with Crippen molar-refractivity contribution in [1.29, 1.82) is 5.26 Å². The van der Waals surface area contributed by atoms with E-state index in [1.54, 1.807) is 24.3 Å². The van der Waals surface area contributed by atoms with Crippen molar-refractivity contribution in [1.82, 2.24) is 19.7 Å². The Morgan fingerprint density at radius 1 is 1.07 bits per heavy atom. The predicted octanol–water partition coefficient (Wildman–Crippen LogP) is 3.96. The molecule has 0 saturated carbocycles. The zero-order chi connectivity index (χ0) is 21.3. The second kappa shape index (κ2) is 7.29. The highest BCUT2D eigenvalue weighted by Crippen LogP contribution is 2.35. The Labute approximate surface area is 167 Å². The van der Waals surface area contributed by atoms with E-state index in [0.29, 0.717) is 15.5 Å². The smallest absolute Gasteiger partial charge is 0.320 e. The lowest BCUT2D eigenvalue weighted by atomic mass is 10.1. The minimum atomic E-state index is -4.87. The maximum Gasteiger partial charge on any atom is 0.434 e. The molecule has 7 nitrogen and oxygen atoms in total. The van der Waals surface area contributed by atoms with Crippen LogP contribution in [0.15, 0.2) is 61.3 Å². The highest BCUT2D eigenvalue weighted by atomic mass is 19.4. The van der Waals surface area contributed by atoms with Crippen LogP contribution in [-0.2, 0) is 6.18 Å². The van der Waals surface area contributed by atoms with Crippen molar-refractivity contribution >= 4 is 22.4 Å². The highest BCUT2D eigenvalue weighted by molar-refractivity contribution is 6.05. The maximum atomic E-state index is 13.9. The van der Waals surface area contributed by atoms with Crippen LogP contribution >= 0.6 is 0 Å². The van der Waals surface area contributed by atoms with E-state index in [4.69, 9.17) is 5.26 Å². The molecule has 3 aromatic heterocycles. The van der Waals surface area contributed by atoms with Crippen molar-refractivity contribution in [3.8, 4) is 11.8 Å². The van der Waals surface area contributed by atoms with Crippen LogP contribution in [0.3, 0.4) is 0 Å². The zero-order valence-corrected chi connectivity index (χ0v) is 15.1. The largest absolute Gasteiger partial charge is 0.434 e. The summed E-state index contributed by atoms with van der Waals surface area (Å²) < 4.78 is 42.4. The van der Waals surface area contributed by atoms with Crippen LogP contribution in [0.5, 0.6) is 0 Å². The van der Waals surface area contributed by atoms with Crippen molar-refractivity contribution in [3.05, 3.63) is 78.1 Å². The molecule has 0 aliphatic carbocycles. The molecule has 3 heterocycles. The number of amides is 1. The molecule has 0 atom stereocenters. The summed E-state index contributed by atoms with van der Waals surface area (Å²) in [5.74, 6) is -1.03. The summed E-state index contributed by atoms with van der Waals surface area (Å²) in [5.41, 5.74) is -1.57. The second-order valence-corrected chi connectivity index (χ2v) is 6.22. The molecule has 0 unspecified atom stereocenters. The van der Waals surface area contributed by atoms with Crippen LogP contribution in [-0.4, -0.2) is 25.7 Å². The number of nitrogens with one attached hydrogen (secondary N) is 1. The lowest BCUT2D eigenvalue weighted by Gasteiger charge is -2.14. The molecule has 0 spiro atoms. The first-order valence-electron chi connectivity index (χ1n) is 8.53. The molecule has 0 radical (unpaired) electrons. The van der Waals surface area contributed by atoms with Gasteiger partial charge in [0.2, 0.25) is 0 Å². The van der Waals surface area contributed by atoms with Crippen molar-refractivity contribution in [2.24, 2.45) is 0 Å². The quantitative estimate of drug-likeness (QED) is 0.554. The first-order chi connectivity index (χ1) is 14.4. The monoisotopic (exact) mass is 408 g/mol. The van der Waals surface area contributed by atoms with Gasteiger partial charge in [-0.2, -0.15) is 23.5 Å². The Bertz CT molecular complexity index is 1300. The number of hydrogen-bond acceptors (Lipinski definition) is 5. The molecule has 30 heavy (non-hydrogen) atoms. The lowest BCUT2D eigenvalue weighted by Crippen LogP contribution is -2.21. The number of carbonyl (C=O) groups excluding carboxylic acids is 1. The molecule has 0 saturated heterocycles. The summed E-state index contributed by atoms with van der Waals surface area (Å²) >= 11 is 0. The molecule has 1 aromatic carbocycles. The number of benzene rings is 1. The molecule has 0 aliphatic rings. The van der Waals surface area contributed by atoms with Crippen molar-refractivity contribution in [2.75, 3.05) is 5.32 Å². The molecular formula is C20H11F3N6O. The van der Waals surface area contributed by atoms with Gasteiger partial charge in [-0.15, -0.1) is 0 Å². The van der Waals surface area contributed by atoms with Gasteiger partial charge >= 0.3 is 6.18 Å². The molecule has 0 aliphatic heterocycles. The lowest BCUT2D eigenvalue weighted by molar-refractivity contribution is -0.143. The van der Waals surface area contributed by atoms with E-state index in [-0.39, 0.29) is 16.9 Å². The molecule has 10 heteroatoms. The summed E-state index contributed by atoms with van der Waals surface area (Å²) in [6.45, 7) is 0. The van der Waals surface area contributed by atoms with Crippen LogP contribution in [0.1, 0.15) is 21.6 Å². The number of fused-ring (bicyclic) bond motifs is 1. The fraction of sp³-hybridized carbons (Fsp3) is 0.0500. The zero-order valence-electron chi connectivity index (χ0n) is 15.1. The Hall–Kier alpha value is -4.26. The summed E-state index contributed by atoms with van der Waals surface area (Å²) in [6, 6.07) is 9.93. The predicted molar refractivity (Wildman–Crippen MR) is 101 cm³/mol. The fourth-order valence-electron chi connectivity index (χ4n) is 3.01. The van der Waals surface area contributed by atoms with E-state index < -0.39 is 23.3 Å². The minimum absolute atomic E-state index is 0.0896. The Balaban J connectivity index is 1.82. The standard InChI is InChI=1S/C20H11F3N6O/c21-20(22,23)18-16(19(30)28-14-5-12(6-24)7-25-9-14)10-27-29(18)17-11-26-8-13-3-1-2-4-15(13)17/h1-5,7-11H,(H,28,30). The van der Waals surface area contributed by atoms with Crippen molar-refractivity contribution < 1.29 is 18.0 Å². The van der Waals surface area contributed by atoms with E-state index in [0.717, 1.165) is 6.20 Å². The van der Waals surface area contributed by atoms with Gasteiger partial charge in [-0.05, 0) is 6.07 Å².